The maximum atomic E-state index is 12.1. The van der Waals surface area contributed by atoms with Crippen LogP contribution >= 0.6 is 0 Å². The topological polar surface area (TPSA) is 96.7 Å². The lowest BCUT2D eigenvalue weighted by Gasteiger charge is -2.42. The number of carbonyl (C=O) groups is 1. The zero-order valence-electron chi connectivity index (χ0n) is 14.5. The number of hydrogen-bond acceptors (Lipinski definition) is 6. The van der Waals surface area contributed by atoms with E-state index in [1.165, 1.54) is 0 Å². The van der Waals surface area contributed by atoms with E-state index in [-0.39, 0.29) is 12.5 Å². The second-order valence-corrected chi connectivity index (χ2v) is 8.87. The summed E-state index contributed by atoms with van der Waals surface area (Å²) in [5.74, 6) is 0. The Balaban J connectivity index is 2.74. The quantitative estimate of drug-likeness (QED) is 0.725. The van der Waals surface area contributed by atoms with Gasteiger partial charge in [0.25, 0.3) is 10.1 Å². The van der Waals surface area contributed by atoms with E-state index in [2.05, 4.69) is 0 Å². The van der Waals surface area contributed by atoms with Crippen LogP contribution in [0.4, 0.5) is 4.79 Å². The number of amides is 1. The summed E-state index contributed by atoms with van der Waals surface area (Å²) >= 11 is 0. The molecule has 0 N–H and O–H groups in total. The highest BCUT2D eigenvalue weighted by atomic mass is 32.2. The highest BCUT2D eigenvalue weighted by molar-refractivity contribution is 7.86. The van der Waals surface area contributed by atoms with Crippen LogP contribution in [0.25, 0.3) is 0 Å². The van der Waals surface area contributed by atoms with Gasteiger partial charge < -0.3 is 9.64 Å². The minimum Gasteiger partial charge on any atom is -0.444 e. The molecule has 0 aromatic rings. The van der Waals surface area contributed by atoms with Crippen molar-refractivity contribution in [1.29, 1.82) is 5.26 Å². The number of nitrogens with zero attached hydrogens (tertiary/aromatic N) is 2. The summed E-state index contributed by atoms with van der Waals surface area (Å²) in [4.78, 5) is 13.7. The van der Waals surface area contributed by atoms with Crippen LogP contribution in [-0.2, 0) is 19.0 Å². The fourth-order valence-electron chi connectivity index (χ4n) is 2.54. The molecular formula is C15H26N2O5S. The van der Waals surface area contributed by atoms with Gasteiger partial charge in [0.05, 0.1) is 24.8 Å². The maximum Gasteiger partial charge on any atom is 0.410 e. The lowest BCUT2D eigenvalue weighted by molar-refractivity contribution is -0.0122. The first-order valence-electron chi connectivity index (χ1n) is 7.59. The zero-order valence-corrected chi connectivity index (χ0v) is 15.3. The molecule has 1 heterocycles. The van der Waals surface area contributed by atoms with Gasteiger partial charge in [-0.2, -0.15) is 13.7 Å². The second kappa shape index (κ2) is 7.05. The number of carbonyl (C=O) groups excluding carboxylic acids is 1. The van der Waals surface area contributed by atoms with Crippen molar-refractivity contribution in [2.45, 2.75) is 58.7 Å². The molecule has 0 radical (unpaired) electrons. The van der Waals surface area contributed by atoms with Crippen molar-refractivity contribution < 1.29 is 22.1 Å². The zero-order chi connectivity index (χ0) is 17.9. The van der Waals surface area contributed by atoms with Gasteiger partial charge in [0.15, 0.2) is 0 Å². The van der Waals surface area contributed by atoms with Gasteiger partial charge in [0, 0.05) is 13.1 Å². The molecule has 1 atom stereocenters. The molecule has 1 saturated heterocycles. The normalized spacial score (nSPS) is 19.7. The first-order valence-corrected chi connectivity index (χ1v) is 9.41. The Morgan fingerprint density at radius 3 is 2.26 bits per heavy atom. The lowest BCUT2D eigenvalue weighted by Crippen LogP contribution is -2.48. The molecule has 7 nitrogen and oxygen atoms in total. The Morgan fingerprint density at radius 2 is 1.87 bits per heavy atom. The Bertz CT molecular complexity index is 566. The molecule has 8 heteroatoms. The minimum absolute atomic E-state index is 0.00396. The summed E-state index contributed by atoms with van der Waals surface area (Å²) in [6.45, 7) is 8.21. The van der Waals surface area contributed by atoms with Crippen LogP contribution in [0, 0.1) is 16.7 Å². The number of ether oxygens (including phenoxy) is 1. The number of likely N-dealkylation sites (tertiary alicyclic amines) is 1. The lowest BCUT2D eigenvalue weighted by atomic mass is 9.75. The molecule has 0 aromatic carbocycles. The fraction of sp³-hybridized carbons (Fsp3) is 0.867. The van der Waals surface area contributed by atoms with E-state index >= 15 is 0 Å². The van der Waals surface area contributed by atoms with Crippen molar-refractivity contribution in [1.82, 2.24) is 4.90 Å². The van der Waals surface area contributed by atoms with Crippen molar-refractivity contribution in [3.05, 3.63) is 0 Å². The van der Waals surface area contributed by atoms with Gasteiger partial charge in [0.2, 0.25) is 0 Å². The fourth-order valence-corrected chi connectivity index (χ4v) is 3.26. The molecule has 1 aliphatic heterocycles. The van der Waals surface area contributed by atoms with Crippen LogP contribution in [0.15, 0.2) is 0 Å². The molecule has 0 saturated carbocycles. The van der Waals surface area contributed by atoms with Crippen molar-refractivity contribution in [2.75, 3.05) is 19.3 Å². The van der Waals surface area contributed by atoms with Gasteiger partial charge in [0.1, 0.15) is 5.60 Å². The van der Waals surface area contributed by atoms with E-state index in [4.69, 9.17) is 14.2 Å². The molecule has 132 valence electrons. The van der Waals surface area contributed by atoms with Crippen molar-refractivity contribution in [2.24, 2.45) is 5.41 Å². The Morgan fingerprint density at radius 1 is 1.35 bits per heavy atom. The first kappa shape index (κ1) is 19.7. The number of hydrogen-bond donors (Lipinski definition) is 0. The minimum atomic E-state index is -3.64. The van der Waals surface area contributed by atoms with Gasteiger partial charge >= 0.3 is 6.09 Å². The highest BCUT2D eigenvalue weighted by Crippen LogP contribution is 2.38. The summed E-state index contributed by atoms with van der Waals surface area (Å²) in [5, 5.41) is 8.94. The summed E-state index contributed by atoms with van der Waals surface area (Å²) in [6, 6.07) is 1.98. The average Bonchev–Trinajstić information content (AvgIpc) is 2.35. The van der Waals surface area contributed by atoms with Gasteiger partial charge in [-0.1, -0.05) is 6.92 Å². The molecule has 0 spiro atoms. The summed E-state index contributed by atoms with van der Waals surface area (Å²) in [7, 11) is -3.64. The summed E-state index contributed by atoms with van der Waals surface area (Å²) in [6.07, 6.45) is 0.998. The third kappa shape index (κ3) is 6.36. The molecule has 1 aliphatic rings. The predicted molar refractivity (Wildman–Crippen MR) is 85.1 cm³/mol. The molecule has 1 rings (SSSR count). The monoisotopic (exact) mass is 346 g/mol. The van der Waals surface area contributed by atoms with Crippen LogP contribution in [-0.4, -0.2) is 50.5 Å². The first-order chi connectivity index (χ1) is 10.4. The van der Waals surface area contributed by atoms with E-state index in [0.717, 1.165) is 6.26 Å². The van der Waals surface area contributed by atoms with Gasteiger partial charge in [-0.25, -0.2) is 4.79 Å². The van der Waals surface area contributed by atoms with E-state index in [1.807, 2.05) is 33.8 Å². The molecule has 1 amide bonds. The van der Waals surface area contributed by atoms with Crippen molar-refractivity contribution in [3.8, 4) is 6.07 Å². The average molecular weight is 346 g/mol. The van der Waals surface area contributed by atoms with Crippen molar-refractivity contribution in [3.63, 3.8) is 0 Å². The van der Waals surface area contributed by atoms with Crippen LogP contribution in [0.2, 0.25) is 0 Å². The third-order valence-electron chi connectivity index (χ3n) is 3.90. The molecular weight excluding hydrogens is 320 g/mol. The van der Waals surface area contributed by atoms with E-state index < -0.39 is 27.2 Å². The van der Waals surface area contributed by atoms with Gasteiger partial charge in [-0.05, 0) is 39.0 Å². The molecule has 0 bridgehead atoms. The van der Waals surface area contributed by atoms with Crippen LogP contribution < -0.4 is 0 Å². The van der Waals surface area contributed by atoms with E-state index in [1.54, 1.807) is 4.90 Å². The van der Waals surface area contributed by atoms with Gasteiger partial charge in [-0.15, -0.1) is 0 Å². The standard InChI is InChI=1S/C15H26N2O5S/c1-14(2,3)21-13(18)17-10-7-15(4,8-11-17)12(6-9-16)22-23(5,19)20/h12H,6-8,10-11H2,1-5H3. The van der Waals surface area contributed by atoms with E-state index in [9.17, 15) is 13.2 Å². The smallest absolute Gasteiger partial charge is 0.410 e. The van der Waals surface area contributed by atoms with E-state index in [0.29, 0.717) is 25.9 Å². The molecule has 1 unspecified atom stereocenters. The van der Waals surface area contributed by atoms with Crippen molar-refractivity contribution >= 4 is 16.2 Å². The van der Waals surface area contributed by atoms with Crippen LogP contribution in [0.3, 0.4) is 0 Å². The molecule has 0 aromatic heterocycles. The van der Waals surface area contributed by atoms with Gasteiger partial charge in [-0.3, -0.25) is 4.18 Å². The third-order valence-corrected chi connectivity index (χ3v) is 4.48. The van der Waals surface area contributed by atoms with Crippen LogP contribution in [0.5, 0.6) is 0 Å². The predicted octanol–water partition coefficient (Wildman–Crippen LogP) is 2.28. The van der Waals surface area contributed by atoms with Crippen LogP contribution in [0.1, 0.15) is 47.0 Å². The largest absolute Gasteiger partial charge is 0.444 e. The molecule has 23 heavy (non-hydrogen) atoms. The Labute approximate surface area is 138 Å². The Hall–Kier alpha value is -1.33. The maximum absolute atomic E-state index is 12.1. The molecule has 1 fully saturated rings. The summed E-state index contributed by atoms with van der Waals surface area (Å²) < 4.78 is 33.3. The number of nitriles is 1. The molecule has 0 aliphatic carbocycles. The number of rotatable bonds is 4. The SMILES string of the molecule is CC(C)(C)OC(=O)N1CCC(C)(C(CC#N)OS(C)(=O)=O)CC1. The number of piperidine rings is 1. The second-order valence-electron chi connectivity index (χ2n) is 7.27. The highest BCUT2D eigenvalue weighted by Gasteiger charge is 2.41. The summed E-state index contributed by atoms with van der Waals surface area (Å²) in [5.41, 5.74) is -1.03. The Kier molecular flexibility index (Phi) is 6.05.